The van der Waals surface area contributed by atoms with E-state index >= 15 is 0 Å². The highest BCUT2D eigenvalue weighted by Gasteiger charge is 2.36. The monoisotopic (exact) mass is 479 g/mol. The van der Waals surface area contributed by atoms with Crippen molar-refractivity contribution in [3.8, 4) is 10.8 Å². The standard InChI is InChI=1S/C27H33N3O3S/c1-3-33-16-8-14-28-27(31)30-18-22-21-11-4-5-13-24(21)34-26(22)29-15-7-12-23(29)25(30)19-9-6-10-20(17-19)32-2/h6-7,9-10,12,15,17,25H,3-5,8,11,13-14,16,18H2,1-2H3,(H,28,31). The molecule has 7 heteroatoms. The van der Waals surface area contributed by atoms with E-state index in [0.29, 0.717) is 26.3 Å². The maximum absolute atomic E-state index is 13.7. The molecule has 2 aromatic heterocycles. The molecule has 5 rings (SSSR count). The molecule has 1 unspecified atom stereocenters. The minimum Gasteiger partial charge on any atom is -0.497 e. The third-order valence-corrected chi connectivity index (χ3v) is 8.13. The Morgan fingerprint density at radius 1 is 1.18 bits per heavy atom. The summed E-state index contributed by atoms with van der Waals surface area (Å²) < 4.78 is 13.3. The van der Waals surface area contributed by atoms with Crippen molar-refractivity contribution in [1.82, 2.24) is 14.8 Å². The Labute approximate surface area is 205 Å². The summed E-state index contributed by atoms with van der Waals surface area (Å²) in [6.07, 6.45) is 7.66. The predicted octanol–water partition coefficient (Wildman–Crippen LogP) is 5.47. The summed E-state index contributed by atoms with van der Waals surface area (Å²) in [6, 6.07) is 12.1. The van der Waals surface area contributed by atoms with E-state index in [1.165, 1.54) is 33.8 Å². The van der Waals surface area contributed by atoms with E-state index in [1.807, 2.05) is 41.4 Å². The van der Waals surface area contributed by atoms with Gasteiger partial charge in [-0.2, -0.15) is 0 Å². The van der Waals surface area contributed by atoms with Crippen molar-refractivity contribution in [2.24, 2.45) is 0 Å². The second-order valence-electron chi connectivity index (χ2n) is 8.89. The molecule has 1 aliphatic carbocycles. The highest BCUT2D eigenvalue weighted by molar-refractivity contribution is 7.15. The summed E-state index contributed by atoms with van der Waals surface area (Å²) >= 11 is 1.91. The largest absolute Gasteiger partial charge is 0.497 e. The van der Waals surface area contributed by atoms with Gasteiger partial charge in [0.15, 0.2) is 0 Å². The Bertz CT molecular complexity index is 1150. The SMILES string of the molecule is CCOCCCNC(=O)N1Cc2c(sc3c2CCCC3)-n2cccc2C1c1cccc(OC)c1. The molecule has 180 valence electrons. The van der Waals surface area contributed by atoms with Gasteiger partial charge in [-0.3, -0.25) is 0 Å². The van der Waals surface area contributed by atoms with Gasteiger partial charge in [0.25, 0.3) is 0 Å². The Morgan fingerprint density at radius 3 is 2.91 bits per heavy atom. The number of hydrogen-bond donors (Lipinski definition) is 1. The summed E-state index contributed by atoms with van der Waals surface area (Å²) in [7, 11) is 1.68. The summed E-state index contributed by atoms with van der Waals surface area (Å²) in [5.74, 6) is 0.795. The fourth-order valence-corrected chi connectivity index (χ4v) is 6.57. The zero-order valence-electron chi connectivity index (χ0n) is 20.0. The quantitative estimate of drug-likeness (QED) is 0.458. The first-order valence-corrected chi connectivity index (χ1v) is 13.1. The van der Waals surface area contributed by atoms with Gasteiger partial charge in [0, 0.05) is 36.4 Å². The number of fused-ring (bicyclic) bond motifs is 5. The smallest absolute Gasteiger partial charge is 0.318 e. The predicted molar refractivity (Wildman–Crippen MR) is 135 cm³/mol. The number of nitrogens with zero attached hydrogens (tertiary/aromatic N) is 2. The lowest BCUT2D eigenvalue weighted by Gasteiger charge is -2.31. The van der Waals surface area contributed by atoms with Crippen LogP contribution < -0.4 is 10.1 Å². The van der Waals surface area contributed by atoms with Crippen LogP contribution in [0.2, 0.25) is 0 Å². The van der Waals surface area contributed by atoms with E-state index in [9.17, 15) is 4.79 Å². The molecule has 3 heterocycles. The Balaban J connectivity index is 1.56. The number of rotatable bonds is 7. The molecule has 0 bridgehead atoms. The van der Waals surface area contributed by atoms with Crippen molar-refractivity contribution in [3.05, 3.63) is 69.9 Å². The lowest BCUT2D eigenvalue weighted by atomic mass is 9.95. The highest BCUT2D eigenvalue weighted by Crippen LogP contribution is 2.44. The number of thiophene rings is 1. The Hall–Kier alpha value is -2.77. The number of urea groups is 1. The van der Waals surface area contributed by atoms with Gasteiger partial charge >= 0.3 is 6.03 Å². The van der Waals surface area contributed by atoms with E-state index in [-0.39, 0.29) is 12.1 Å². The third kappa shape index (κ3) is 4.34. The first kappa shape index (κ1) is 23.0. The zero-order valence-corrected chi connectivity index (χ0v) is 20.8. The third-order valence-electron chi connectivity index (χ3n) is 6.80. The van der Waals surface area contributed by atoms with Gasteiger partial charge in [-0.1, -0.05) is 12.1 Å². The van der Waals surface area contributed by atoms with E-state index < -0.39 is 0 Å². The van der Waals surface area contributed by atoms with Crippen LogP contribution in [0.1, 0.15) is 59.5 Å². The van der Waals surface area contributed by atoms with Gasteiger partial charge in [-0.25, -0.2) is 4.79 Å². The van der Waals surface area contributed by atoms with Gasteiger partial charge in [-0.15, -0.1) is 11.3 Å². The molecule has 0 radical (unpaired) electrons. The molecule has 1 aliphatic heterocycles. The normalized spacial score (nSPS) is 16.9. The van der Waals surface area contributed by atoms with Crippen molar-refractivity contribution in [2.75, 3.05) is 26.9 Å². The first-order valence-electron chi connectivity index (χ1n) is 12.3. The molecule has 0 spiro atoms. The zero-order chi connectivity index (χ0) is 23.5. The Kier molecular flexibility index (Phi) is 6.92. The minimum absolute atomic E-state index is 0.0410. The molecule has 2 amide bonds. The number of ether oxygens (including phenoxy) is 2. The molecule has 2 aliphatic rings. The number of carbonyl (C=O) groups is 1. The average Bonchev–Trinajstić information content (AvgIpc) is 3.45. The molecular weight excluding hydrogens is 446 g/mol. The van der Waals surface area contributed by atoms with E-state index in [0.717, 1.165) is 36.3 Å². The number of nitrogens with one attached hydrogen (secondary N) is 1. The van der Waals surface area contributed by atoms with Gasteiger partial charge in [0.2, 0.25) is 0 Å². The average molecular weight is 480 g/mol. The lowest BCUT2D eigenvalue weighted by molar-refractivity contribution is 0.143. The van der Waals surface area contributed by atoms with Crippen molar-refractivity contribution in [2.45, 2.75) is 51.6 Å². The molecule has 0 saturated heterocycles. The van der Waals surface area contributed by atoms with Crippen LogP contribution in [0.3, 0.4) is 0 Å². The van der Waals surface area contributed by atoms with Crippen LogP contribution in [0.4, 0.5) is 4.79 Å². The van der Waals surface area contributed by atoms with Gasteiger partial charge < -0.3 is 24.3 Å². The molecule has 1 N–H and O–H groups in total. The maximum atomic E-state index is 13.7. The van der Waals surface area contributed by atoms with Crippen LogP contribution in [0.25, 0.3) is 5.00 Å². The second kappa shape index (κ2) is 10.2. The number of benzene rings is 1. The first-order chi connectivity index (χ1) is 16.7. The van der Waals surface area contributed by atoms with Crippen LogP contribution >= 0.6 is 11.3 Å². The number of amides is 2. The molecule has 3 aromatic rings. The van der Waals surface area contributed by atoms with Crippen molar-refractivity contribution in [1.29, 1.82) is 0 Å². The number of methoxy groups -OCH3 is 1. The molecular formula is C27H33N3O3S. The van der Waals surface area contributed by atoms with E-state index in [4.69, 9.17) is 9.47 Å². The number of aryl methyl sites for hydroxylation is 1. The summed E-state index contributed by atoms with van der Waals surface area (Å²) in [6.45, 7) is 4.53. The van der Waals surface area contributed by atoms with Crippen LogP contribution in [-0.2, 0) is 24.1 Å². The van der Waals surface area contributed by atoms with Gasteiger partial charge in [-0.05, 0) is 74.4 Å². The number of carbonyl (C=O) groups excluding carboxylic acids is 1. The topological polar surface area (TPSA) is 55.7 Å². The van der Waals surface area contributed by atoms with Crippen LogP contribution in [0.5, 0.6) is 5.75 Å². The van der Waals surface area contributed by atoms with Crippen LogP contribution in [0.15, 0.2) is 42.6 Å². The van der Waals surface area contributed by atoms with Crippen LogP contribution in [0, 0.1) is 0 Å². The molecule has 34 heavy (non-hydrogen) atoms. The summed E-state index contributed by atoms with van der Waals surface area (Å²) in [5, 5.41) is 4.43. The summed E-state index contributed by atoms with van der Waals surface area (Å²) in [4.78, 5) is 17.2. The summed E-state index contributed by atoms with van der Waals surface area (Å²) in [5.41, 5.74) is 4.93. The minimum atomic E-state index is -0.212. The lowest BCUT2D eigenvalue weighted by Crippen LogP contribution is -2.42. The molecule has 0 fully saturated rings. The molecule has 1 atom stereocenters. The van der Waals surface area contributed by atoms with E-state index in [1.54, 1.807) is 7.11 Å². The van der Waals surface area contributed by atoms with Crippen LogP contribution in [-0.4, -0.2) is 42.4 Å². The maximum Gasteiger partial charge on any atom is 0.318 e. The fourth-order valence-electron chi connectivity index (χ4n) is 5.16. The van der Waals surface area contributed by atoms with Crippen molar-refractivity contribution in [3.63, 3.8) is 0 Å². The van der Waals surface area contributed by atoms with E-state index in [2.05, 4.69) is 34.3 Å². The van der Waals surface area contributed by atoms with Gasteiger partial charge in [0.05, 0.1) is 25.4 Å². The molecule has 0 saturated carbocycles. The highest BCUT2D eigenvalue weighted by atomic mass is 32.1. The Morgan fingerprint density at radius 2 is 2.06 bits per heavy atom. The van der Waals surface area contributed by atoms with Crippen molar-refractivity contribution < 1.29 is 14.3 Å². The molecule has 1 aromatic carbocycles. The number of aromatic nitrogens is 1. The fraction of sp³-hybridized carbons (Fsp3) is 0.444. The second-order valence-corrected chi connectivity index (χ2v) is 9.97. The molecule has 6 nitrogen and oxygen atoms in total. The van der Waals surface area contributed by atoms with Gasteiger partial charge in [0.1, 0.15) is 10.8 Å². The van der Waals surface area contributed by atoms with Crippen molar-refractivity contribution >= 4 is 17.4 Å². The number of hydrogen-bond acceptors (Lipinski definition) is 4.